The maximum Gasteiger partial charge on any atom is 0.289 e. The van der Waals surface area contributed by atoms with Crippen LogP contribution in [0.25, 0.3) is 0 Å². The first-order valence-electron chi connectivity index (χ1n) is 10.5. The number of carbonyl (C=O) groups excluding carboxylic acids is 2. The summed E-state index contributed by atoms with van der Waals surface area (Å²) in [5.74, 6) is 1.24. The van der Waals surface area contributed by atoms with Crippen molar-refractivity contribution in [3.63, 3.8) is 0 Å². The molecule has 1 unspecified atom stereocenters. The van der Waals surface area contributed by atoms with E-state index in [-0.39, 0.29) is 11.8 Å². The zero-order chi connectivity index (χ0) is 20.2. The summed E-state index contributed by atoms with van der Waals surface area (Å²) in [6.45, 7) is 5.63. The molecule has 0 N–H and O–H groups in total. The maximum atomic E-state index is 12.9. The van der Waals surface area contributed by atoms with E-state index in [1.165, 1.54) is 12.7 Å². The molecular weight excluding hydrogens is 368 g/mol. The Labute approximate surface area is 171 Å². The van der Waals surface area contributed by atoms with E-state index in [1.807, 2.05) is 17.0 Å². The van der Waals surface area contributed by atoms with Gasteiger partial charge in [0.1, 0.15) is 5.82 Å². The number of piperazine rings is 1. The van der Waals surface area contributed by atoms with E-state index in [0.717, 1.165) is 31.6 Å². The first kappa shape index (κ1) is 19.5. The molecule has 4 rings (SSSR count). The summed E-state index contributed by atoms with van der Waals surface area (Å²) in [4.78, 5) is 35.8. The van der Waals surface area contributed by atoms with Gasteiger partial charge in [-0.15, -0.1) is 0 Å². The quantitative estimate of drug-likeness (QED) is 0.794. The molecule has 0 bridgehead atoms. The molecule has 0 saturated carbocycles. The molecule has 4 heterocycles. The van der Waals surface area contributed by atoms with Crippen molar-refractivity contribution in [3.8, 4) is 0 Å². The molecular formula is C22H28N4O3. The minimum absolute atomic E-state index is 0.0736. The molecule has 29 heavy (non-hydrogen) atoms. The number of carbonyl (C=O) groups is 2. The minimum Gasteiger partial charge on any atom is -0.459 e. The first-order valence-corrected chi connectivity index (χ1v) is 10.5. The summed E-state index contributed by atoms with van der Waals surface area (Å²) in [7, 11) is 0. The summed E-state index contributed by atoms with van der Waals surface area (Å²) >= 11 is 0. The van der Waals surface area contributed by atoms with Crippen LogP contribution in [0, 0.1) is 0 Å². The highest BCUT2D eigenvalue weighted by molar-refractivity contribution is 5.94. The fourth-order valence-electron chi connectivity index (χ4n) is 4.25. The lowest BCUT2D eigenvalue weighted by Gasteiger charge is -2.36. The number of likely N-dealkylation sites (tertiary alicyclic amines) is 1. The zero-order valence-electron chi connectivity index (χ0n) is 16.9. The second-order valence-electron chi connectivity index (χ2n) is 7.72. The van der Waals surface area contributed by atoms with Crippen LogP contribution in [0.15, 0.2) is 41.1 Å². The van der Waals surface area contributed by atoms with Gasteiger partial charge in [-0.1, -0.05) is 6.92 Å². The second kappa shape index (κ2) is 8.68. The molecule has 2 aromatic heterocycles. The molecule has 7 heteroatoms. The summed E-state index contributed by atoms with van der Waals surface area (Å²) < 4.78 is 5.21. The van der Waals surface area contributed by atoms with Gasteiger partial charge in [0.2, 0.25) is 0 Å². The third-order valence-corrected chi connectivity index (χ3v) is 5.98. The molecule has 2 aliphatic rings. The monoisotopic (exact) mass is 396 g/mol. The van der Waals surface area contributed by atoms with Crippen LogP contribution in [-0.4, -0.2) is 65.4 Å². The van der Waals surface area contributed by atoms with Crippen LogP contribution >= 0.6 is 0 Å². The van der Waals surface area contributed by atoms with E-state index in [9.17, 15) is 9.59 Å². The lowest BCUT2D eigenvalue weighted by Crippen LogP contribution is -2.49. The number of hydrogen-bond donors (Lipinski definition) is 0. The molecule has 2 saturated heterocycles. The Morgan fingerprint density at radius 2 is 1.90 bits per heavy atom. The first-order chi connectivity index (χ1) is 14.2. The average Bonchev–Trinajstić information content (AvgIpc) is 3.33. The summed E-state index contributed by atoms with van der Waals surface area (Å²) in [5.41, 5.74) is 0.653. The number of aromatic nitrogens is 1. The number of anilines is 1. The van der Waals surface area contributed by atoms with Gasteiger partial charge in [0.05, 0.1) is 11.8 Å². The number of hydrogen-bond acceptors (Lipinski definition) is 5. The molecule has 2 amide bonds. The van der Waals surface area contributed by atoms with Crippen molar-refractivity contribution in [2.24, 2.45) is 0 Å². The number of rotatable bonds is 4. The molecule has 1 atom stereocenters. The standard InChI is InChI=1S/C22H28N4O3/c1-2-18-6-3-4-10-26(18)21(27)17-8-9-20(23-16-17)24-11-13-25(14-12-24)22(28)19-7-5-15-29-19/h5,7-9,15-16,18H,2-4,6,10-14H2,1H3. The highest BCUT2D eigenvalue weighted by Gasteiger charge is 2.27. The van der Waals surface area contributed by atoms with E-state index < -0.39 is 0 Å². The zero-order valence-corrected chi connectivity index (χ0v) is 16.9. The average molecular weight is 396 g/mol. The largest absolute Gasteiger partial charge is 0.459 e. The van der Waals surface area contributed by atoms with Gasteiger partial charge in [0.25, 0.3) is 11.8 Å². The van der Waals surface area contributed by atoms with Gasteiger partial charge in [-0.25, -0.2) is 4.98 Å². The Morgan fingerprint density at radius 1 is 1.07 bits per heavy atom. The highest BCUT2D eigenvalue weighted by Crippen LogP contribution is 2.22. The number of furan rings is 1. The van der Waals surface area contributed by atoms with Crippen molar-refractivity contribution in [1.82, 2.24) is 14.8 Å². The molecule has 0 aromatic carbocycles. The normalized spacial score (nSPS) is 20.0. The Bertz CT molecular complexity index is 826. The highest BCUT2D eigenvalue weighted by atomic mass is 16.3. The molecule has 154 valence electrons. The number of pyridine rings is 1. The SMILES string of the molecule is CCC1CCCCN1C(=O)c1ccc(N2CCN(C(=O)c3ccco3)CC2)nc1. The van der Waals surface area contributed by atoms with Gasteiger partial charge in [0, 0.05) is 45.0 Å². The molecule has 2 fully saturated rings. The van der Waals surface area contributed by atoms with Crippen LogP contribution in [0.4, 0.5) is 5.82 Å². The lowest BCUT2D eigenvalue weighted by molar-refractivity contribution is 0.0607. The number of piperidine rings is 1. The minimum atomic E-state index is -0.0736. The Kier molecular flexibility index (Phi) is 5.83. The smallest absolute Gasteiger partial charge is 0.289 e. The predicted octanol–water partition coefficient (Wildman–Crippen LogP) is 3.04. The van der Waals surface area contributed by atoms with Crippen molar-refractivity contribution < 1.29 is 14.0 Å². The Balaban J connectivity index is 1.36. The van der Waals surface area contributed by atoms with Crippen LogP contribution in [-0.2, 0) is 0 Å². The van der Waals surface area contributed by atoms with Crippen LogP contribution in [0.5, 0.6) is 0 Å². The van der Waals surface area contributed by atoms with Gasteiger partial charge in [0.15, 0.2) is 5.76 Å². The molecule has 7 nitrogen and oxygen atoms in total. The molecule has 0 spiro atoms. The van der Waals surface area contributed by atoms with Crippen molar-refractivity contribution in [3.05, 3.63) is 48.0 Å². The van der Waals surface area contributed by atoms with E-state index >= 15 is 0 Å². The molecule has 0 radical (unpaired) electrons. The van der Waals surface area contributed by atoms with Crippen LogP contribution in [0.3, 0.4) is 0 Å². The van der Waals surface area contributed by atoms with Crippen molar-refractivity contribution >= 4 is 17.6 Å². The fourth-order valence-corrected chi connectivity index (χ4v) is 4.25. The van der Waals surface area contributed by atoms with Crippen LogP contribution < -0.4 is 4.90 Å². The third-order valence-electron chi connectivity index (χ3n) is 5.98. The molecule has 2 aromatic rings. The van der Waals surface area contributed by atoms with Crippen LogP contribution in [0.2, 0.25) is 0 Å². The number of amides is 2. The van der Waals surface area contributed by atoms with Gasteiger partial charge in [-0.2, -0.15) is 0 Å². The summed E-state index contributed by atoms with van der Waals surface area (Å²) in [5, 5.41) is 0. The van der Waals surface area contributed by atoms with E-state index in [1.54, 1.807) is 23.2 Å². The molecule has 0 aliphatic carbocycles. The second-order valence-corrected chi connectivity index (χ2v) is 7.72. The van der Waals surface area contributed by atoms with E-state index in [4.69, 9.17) is 4.42 Å². The van der Waals surface area contributed by atoms with Crippen molar-refractivity contribution in [1.29, 1.82) is 0 Å². The fraction of sp³-hybridized carbons (Fsp3) is 0.500. The van der Waals surface area contributed by atoms with E-state index in [2.05, 4.69) is 16.8 Å². The van der Waals surface area contributed by atoms with Gasteiger partial charge >= 0.3 is 0 Å². The Morgan fingerprint density at radius 3 is 2.55 bits per heavy atom. The maximum absolute atomic E-state index is 12.9. The third kappa shape index (κ3) is 4.13. The predicted molar refractivity (Wildman–Crippen MR) is 110 cm³/mol. The van der Waals surface area contributed by atoms with Gasteiger partial charge in [-0.05, 0) is 49.9 Å². The van der Waals surface area contributed by atoms with Crippen LogP contribution in [0.1, 0.15) is 53.5 Å². The topological polar surface area (TPSA) is 69.9 Å². The van der Waals surface area contributed by atoms with Crippen molar-refractivity contribution in [2.45, 2.75) is 38.6 Å². The summed E-state index contributed by atoms with van der Waals surface area (Å²) in [6, 6.07) is 7.56. The number of nitrogens with zero attached hydrogens (tertiary/aromatic N) is 4. The van der Waals surface area contributed by atoms with Crippen molar-refractivity contribution in [2.75, 3.05) is 37.6 Å². The Hall–Kier alpha value is -2.83. The molecule has 2 aliphatic heterocycles. The van der Waals surface area contributed by atoms with Gasteiger partial charge < -0.3 is 19.1 Å². The lowest BCUT2D eigenvalue weighted by atomic mass is 9.99. The van der Waals surface area contributed by atoms with Gasteiger partial charge in [-0.3, -0.25) is 9.59 Å². The van der Waals surface area contributed by atoms with E-state index in [0.29, 0.717) is 43.5 Å². The summed E-state index contributed by atoms with van der Waals surface area (Å²) in [6.07, 6.45) is 7.58.